The first kappa shape index (κ1) is 19.9. The molecule has 1 amide bonds. The molecule has 1 N–H and O–H groups in total. The van der Waals surface area contributed by atoms with E-state index in [0.717, 1.165) is 0 Å². The zero-order valence-electron chi connectivity index (χ0n) is 15.7. The summed E-state index contributed by atoms with van der Waals surface area (Å²) in [5.74, 6) is 0.0917. The summed E-state index contributed by atoms with van der Waals surface area (Å²) in [6.45, 7) is -0.220. The summed E-state index contributed by atoms with van der Waals surface area (Å²) in [4.78, 5) is 29.5. The van der Waals surface area contributed by atoms with Gasteiger partial charge in [0, 0.05) is 5.69 Å². The Bertz CT molecular complexity index is 1320. The molecule has 4 rings (SSSR count). The molecule has 2 aromatic heterocycles. The number of carbonyl (C=O) groups excluding carboxylic acids is 1. The third-order valence-electron chi connectivity index (χ3n) is 4.38. The molecule has 30 heavy (non-hydrogen) atoms. The van der Waals surface area contributed by atoms with Crippen molar-refractivity contribution in [3.63, 3.8) is 0 Å². The number of fused-ring (bicyclic) bond motifs is 1. The number of benzene rings is 2. The summed E-state index contributed by atoms with van der Waals surface area (Å²) in [5, 5.41) is 8.04. The maximum atomic E-state index is 12.8. The molecule has 0 saturated heterocycles. The summed E-state index contributed by atoms with van der Waals surface area (Å²) in [6.07, 6.45) is 2.71. The molecular weight excluding hydrogens is 429 g/mol. The van der Waals surface area contributed by atoms with E-state index in [1.54, 1.807) is 36.4 Å². The molecule has 0 atom stereocenters. The molecule has 0 aliphatic heterocycles. The zero-order valence-corrected chi connectivity index (χ0v) is 17.2. The number of aromatic nitrogens is 4. The Morgan fingerprint density at radius 2 is 1.97 bits per heavy atom. The Morgan fingerprint density at radius 1 is 1.17 bits per heavy atom. The number of nitrogens with one attached hydrogen (secondary N) is 1. The van der Waals surface area contributed by atoms with Crippen molar-refractivity contribution in [2.24, 2.45) is 0 Å². The van der Waals surface area contributed by atoms with Crippen LogP contribution in [0.3, 0.4) is 0 Å². The second-order valence-electron chi connectivity index (χ2n) is 6.32. The molecule has 0 radical (unpaired) electrons. The van der Waals surface area contributed by atoms with Gasteiger partial charge in [0.25, 0.3) is 5.56 Å². The molecule has 0 fully saturated rings. The maximum Gasteiger partial charge on any atom is 0.264 e. The van der Waals surface area contributed by atoms with E-state index >= 15 is 0 Å². The average molecular weight is 444 g/mol. The Balaban J connectivity index is 1.59. The van der Waals surface area contributed by atoms with Gasteiger partial charge < -0.3 is 10.1 Å². The topological polar surface area (TPSA) is 91.0 Å². The number of rotatable bonds is 5. The minimum atomic E-state index is -0.405. The van der Waals surface area contributed by atoms with Gasteiger partial charge in [0.05, 0.1) is 29.0 Å². The highest BCUT2D eigenvalue weighted by Crippen LogP contribution is 2.27. The summed E-state index contributed by atoms with van der Waals surface area (Å²) in [7, 11) is 1.50. The smallest absolute Gasteiger partial charge is 0.264 e. The minimum absolute atomic E-state index is 0.220. The third kappa shape index (κ3) is 3.74. The largest absolute Gasteiger partial charge is 0.495 e. The first-order valence-corrected chi connectivity index (χ1v) is 9.55. The predicted octanol–water partition coefficient (Wildman–Crippen LogP) is 3.54. The fourth-order valence-corrected chi connectivity index (χ4v) is 3.43. The van der Waals surface area contributed by atoms with E-state index < -0.39 is 5.91 Å². The van der Waals surface area contributed by atoms with Gasteiger partial charge in [-0.25, -0.2) is 9.67 Å². The number of hydrogen-bond acceptors (Lipinski definition) is 5. The lowest BCUT2D eigenvalue weighted by molar-refractivity contribution is -0.116. The van der Waals surface area contributed by atoms with Crippen LogP contribution in [0.2, 0.25) is 10.0 Å². The van der Waals surface area contributed by atoms with Crippen LogP contribution in [0.15, 0.2) is 59.8 Å². The number of methoxy groups -OCH3 is 1. The summed E-state index contributed by atoms with van der Waals surface area (Å²) in [5.41, 5.74) is 1.06. The van der Waals surface area contributed by atoms with Crippen LogP contribution in [0, 0.1) is 0 Å². The van der Waals surface area contributed by atoms with Crippen LogP contribution >= 0.6 is 23.2 Å². The second kappa shape index (κ2) is 8.17. The van der Waals surface area contributed by atoms with E-state index in [1.807, 2.05) is 6.07 Å². The quantitative estimate of drug-likeness (QED) is 0.509. The fraction of sp³-hybridized carbons (Fsp3) is 0.100. The summed E-state index contributed by atoms with van der Waals surface area (Å²) >= 11 is 12.3. The first-order chi connectivity index (χ1) is 14.5. The van der Waals surface area contributed by atoms with Crippen LogP contribution in [-0.2, 0) is 11.3 Å². The van der Waals surface area contributed by atoms with Gasteiger partial charge in [-0.3, -0.25) is 14.2 Å². The van der Waals surface area contributed by atoms with E-state index in [1.165, 1.54) is 28.9 Å². The minimum Gasteiger partial charge on any atom is -0.495 e. The van der Waals surface area contributed by atoms with Crippen LogP contribution in [0.4, 0.5) is 5.69 Å². The molecule has 0 aliphatic carbocycles. The molecule has 8 nitrogen and oxygen atoms in total. The van der Waals surface area contributed by atoms with Gasteiger partial charge in [-0.15, -0.1) is 0 Å². The predicted molar refractivity (Wildman–Crippen MR) is 115 cm³/mol. The van der Waals surface area contributed by atoms with Crippen molar-refractivity contribution in [3.05, 3.63) is 75.4 Å². The highest BCUT2D eigenvalue weighted by Gasteiger charge is 2.15. The van der Waals surface area contributed by atoms with Crippen LogP contribution in [-0.4, -0.2) is 32.3 Å². The van der Waals surface area contributed by atoms with Crippen molar-refractivity contribution in [2.75, 3.05) is 12.4 Å². The number of carbonyl (C=O) groups is 1. The number of amides is 1. The van der Waals surface area contributed by atoms with E-state index in [0.29, 0.717) is 32.8 Å². The summed E-state index contributed by atoms with van der Waals surface area (Å²) in [6, 6.07) is 12.0. The van der Waals surface area contributed by atoms with E-state index in [9.17, 15) is 9.59 Å². The van der Waals surface area contributed by atoms with Gasteiger partial charge >= 0.3 is 0 Å². The van der Waals surface area contributed by atoms with Crippen molar-refractivity contribution in [1.29, 1.82) is 0 Å². The molecule has 0 saturated carbocycles. The zero-order chi connectivity index (χ0) is 21.3. The first-order valence-electron chi connectivity index (χ1n) is 8.79. The van der Waals surface area contributed by atoms with Crippen LogP contribution in [0.5, 0.6) is 5.75 Å². The molecule has 0 unspecified atom stereocenters. The highest BCUT2D eigenvalue weighted by molar-refractivity contribution is 6.32. The SMILES string of the molecule is COc1ccc(NC(=O)Cn2cnc3c(cnn3-c3ccccc3Cl)c2=O)cc1Cl. The van der Waals surface area contributed by atoms with Crippen molar-refractivity contribution < 1.29 is 9.53 Å². The van der Waals surface area contributed by atoms with Crippen molar-refractivity contribution in [3.8, 4) is 11.4 Å². The second-order valence-corrected chi connectivity index (χ2v) is 7.13. The van der Waals surface area contributed by atoms with Crippen molar-refractivity contribution in [2.45, 2.75) is 6.54 Å². The number of para-hydroxylation sites is 1. The standard InChI is InChI=1S/C20H15Cl2N5O3/c1-30-17-7-6-12(8-15(17)22)25-18(28)10-26-11-23-19-13(20(26)29)9-24-27(19)16-5-3-2-4-14(16)21/h2-9,11H,10H2,1H3,(H,25,28). The molecule has 2 aromatic carbocycles. The average Bonchev–Trinajstić information content (AvgIpc) is 3.15. The molecule has 152 valence electrons. The lowest BCUT2D eigenvalue weighted by Crippen LogP contribution is -2.27. The van der Waals surface area contributed by atoms with Crippen LogP contribution < -0.4 is 15.6 Å². The van der Waals surface area contributed by atoms with Crippen molar-refractivity contribution in [1.82, 2.24) is 19.3 Å². The monoisotopic (exact) mass is 443 g/mol. The Kier molecular flexibility index (Phi) is 5.43. The van der Waals surface area contributed by atoms with Crippen LogP contribution in [0.1, 0.15) is 0 Å². The maximum absolute atomic E-state index is 12.8. The lowest BCUT2D eigenvalue weighted by Gasteiger charge is -2.09. The van der Waals surface area contributed by atoms with Gasteiger partial charge in [0.15, 0.2) is 5.65 Å². The Morgan fingerprint density at radius 3 is 2.70 bits per heavy atom. The van der Waals surface area contributed by atoms with Gasteiger partial charge in [-0.1, -0.05) is 35.3 Å². The molecule has 0 bridgehead atoms. The molecule has 4 aromatic rings. The van der Waals surface area contributed by atoms with E-state index in [4.69, 9.17) is 27.9 Å². The number of anilines is 1. The fourth-order valence-electron chi connectivity index (χ4n) is 2.96. The lowest BCUT2D eigenvalue weighted by atomic mass is 10.3. The molecule has 2 heterocycles. The van der Waals surface area contributed by atoms with Gasteiger partial charge in [-0.2, -0.15) is 5.10 Å². The normalized spacial score (nSPS) is 10.9. The van der Waals surface area contributed by atoms with Gasteiger partial charge in [0.1, 0.15) is 24.0 Å². The molecule has 10 heteroatoms. The number of ether oxygens (including phenoxy) is 1. The van der Waals surface area contributed by atoms with Gasteiger partial charge in [0.2, 0.25) is 5.91 Å². The molecule has 0 spiro atoms. The van der Waals surface area contributed by atoms with Crippen LogP contribution in [0.25, 0.3) is 16.7 Å². The third-order valence-corrected chi connectivity index (χ3v) is 5.00. The molecular formula is C20H15Cl2N5O3. The number of hydrogen-bond donors (Lipinski definition) is 1. The Hall–Kier alpha value is -3.36. The van der Waals surface area contributed by atoms with E-state index in [-0.39, 0.29) is 17.5 Å². The van der Waals surface area contributed by atoms with Gasteiger partial charge in [-0.05, 0) is 30.3 Å². The number of halogens is 2. The van der Waals surface area contributed by atoms with Crippen molar-refractivity contribution >= 4 is 45.8 Å². The highest BCUT2D eigenvalue weighted by atomic mass is 35.5. The number of nitrogens with zero attached hydrogens (tertiary/aromatic N) is 4. The Labute approximate surface area is 180 Å². The summed E-state index contributed by atoms with van der Waals surface area (Å²) < 4.78 is 7.78. The van der Waals surface area contributed by atoms with E-state index in [2.05, 4.69) is 15.4 Å². The molecule has 0 aliphatic rings.